The first-order valence-electron chi connectivity index (χ1n) is 14.0. The van der Waals surface area contributed by atoms with Gasteiger partial charge in [-0.3, -0.25) is 4.68 Å². The zero-order valence-corrected chi connectivity index (χ0v) is 24.0. The molecule has 5 aromatic rings. The molecule has 7 rings (SSSR count). The molecule has 1 N–H and O–H groups in total. The van der Waals surface area contributed by atoms with Gasteiger partial charge in [-0.1, -0.05) is 12.1 Å². The zero-order chi connectivity index (χ0) is 29.1. The molecule has 4 heterocycles. The van der Waals surface area contributed by atoms with Crippen molar-refractivity contribution in [3.8, 4) is 39.5 Å². The van der Waals surface area contributed by atoms with Gasteiger partial charge < -0.3 is 14.7 Å². The number of nitrogens with zero attached hydrogens (tertiary/aromatic N) is 4. The van der Waals surface area contributed by atoms with Crippen molar-refractivity contribution < 1.29 is 23.0 Å². The molecule has 10 heteroatoms. The average molecular weight is 591 g/mol. The van der Waals surface area contributed by atoms with Crippen molar-refractivity contribution in [3.63, 3.8) is 0 Å². The summed E-state index contributed by atoms with van der Waals surface area (Å²) in [4.78, 5) is 7.32. The van der Waals surface area contributed by atoms with E-state index in [4.69, 9.17) is 9.72 Å². The van der Waals surface area contributed by atoms with Gasteiger partial charge in [-0.2, -0.15) is 5.10 Å². The molecule has 0 radical (unpaired) electrons. The van der Waals surface area contributed by atoms with Crippen LogP contribution in [0.1, 0.15) is 24.0 Å². The molecule has 0 unspecified atom stereocenters. The van der Waals surface area contributed by atoms with Crippen LogP contribution in [-0.2, 0) is 20.0 Å². The first-order chi connectivity index (χ1) is 20.2. The monoisotopic (exact) mass is 590 g/mol. The third-order valence-corrected chi connectivity index (χ3v) is 9.22. The average Bonchev–Trinajstić information content (AvgIpc) is 3.55. The van der Waals surface area contributed by atoms with Crippen molar-refractivity contribution in [1.82, 2.24) is 19.7 Å². The Morgan fingerprint density at radius 3 is 2.60 bits per heavy atom. The fraction of sp³-hybridized carbons (Fsp3) is 0.312. The minimum atomic E-state index is -0.879. The van der Waals surface area contributed by atoms with Crippen LogP contribution in [-0.4, -0.2) is 51.1 Å². The molecule has 216 valence electrons. The molecule has 0 saturated heterocycles. The Labute approximate surface area is 245 Å². The number of halogens is 3. The molecule has 2 aromatic carbocycles. The van der Waals surface area contributed by atoms with Crippen LogP contribution in [0.25, 0.3) is 43.9 Å². The van der Waals surface area contributed by atoms with Gasteiger partial charge in [0.15, 0.2) is 0 Å². The van der Waals surface area contributed by atoms with E-state index in [0.717, 1.165) is 37.2 Å². The molecule has 1 saturated carbocycles. The number of pyridine rings is 1. The van der Waals surface area contributed by atoms with E-state index in [9.17, 15) is 9.50 Å². The van der Waals surface area contributed by atoms with Crippen molar-refractivity contribution in [2.75, 3.05) is 20.2 Å². The molecule has 0 amide bonds. The van der Waals surface area contributed by atoms with Gasteiger partial charge in [-0.25, -0.2) is 18.2 Å². The maximum absolute atomic E-state index is 15.9. The second-order valence-electron chi connectivity index (χ2n) is 11.4. The lowest BCUT2D eigenvalue weighted by molar-refractivity contribution is 0.0203. The number of thiophene rings is 1. The Morgan fingerprint density at radius 2 is 1.83 bits per heavy atom. The van der Waals surface area contributed by atoms with E-state index in [0.29, 0.717) is 28.9 Å². The lowest BCUT2D eigenvalue weighted by Crippen LogP contribution is -2.32. The number of aromatic nitrogens is 3. The largest absolute Gasteiger partial charge is 0.492 e. The number of hydrogen-bond acceptors (Lipinski definition) is 6. The van der Waals surface area contributed by atoms with Gasteiger partial charge in [0.2, 0.25) is 0 Å². The molecule has 1 aliphatic heterocycles. The summed E-state index contributed by atoms with van der Waals surface area (Å²) in [7, 11) is 3.85. The highest BCUT2D eigenvalue weighted by atomic mass is 32.1. The SMILES string of the molecule is CN1CCc2cc(-c3nc(-c4ccn(C)n4)c(-c4c(F)cc(F)cc4OCC4CC(O)C4)c4c(F)csc34)ccc2C1. The number of hydrogen-bond donors (Lipinski definition) is 1. The Morgan fingerprint density at radius 1 is 1.00 bits per heavy atom. The molecule has 1 aliphatic carbocycles. The minimum absolute atomic E-state index is 0.0366. The Hall–Kier alpha value is -3.73. The molecule has 0 bridgehead atoms. The van der Waals surface area contributed by atoms with Crippen LogP contribution in [0, 0.1) is 23.4 Å². The second kappa shape index (κ2) is 10.5. The van der Waals surface area contributed by atoms with Crippen LogP contribution >= 0.6 is 11.3 Å². The van der Waals surface area contributed by atoms with Gasteiger partial charge in [0.05, 0.1) is 28.7 Å². The Kier molecular flexibility index (Phi) is 6.79. The van der Waals surface area contributed by atoms with E-state index in [1.165, 1.54) is 27.8 Å². The van der Waals surface area contributed by atoms with Crippen LogP contribution < -0.4 is 4.74 Å². The summed E-state index contributed by atoms with van der Waals surface area (Å²) in [5.41, 5.74) is 4.71. The topological polar surface area (TPSA) is 63.4 Å². The predicted octanol–water partition coefficient (Wildman–Crippen LogP) is 6.59. The third kappa shape index (κ3) is 4.77. The Bertz CT molecular complexity index is 1830. The van der Waals surface area contributed by atoms with Crippen LogP contribution in [0.15, 0.2) is 48.0 Å². The third-order valence-electron chi connectivity index (χ3n) is 8.26. The number of ether oxygens (including phenoxy) is 1. The maximum atomic E-state index is 15.9. The first-order valence-corrected chi connectivity index (χ1v) is 14.8. The highest BCUT2D eigenvalue weighted by Crippen LogP contribution is 2.48. The number of rotatable bonds is 6. The molecule has 0 spiro atoms. The van der Waals surface area contributed by atoms with Gasteiger partial charge in [0.1, 0.15) is 34.6 Å². The summed E-state index contributed by atoms with van der Waals surface area (Å²) in [5.74, 6) is -2.18. The van der Waals surface area contributed by atoms with Crippen molar-refractivity contribution in [2.45, 2.75) is 31.9 Å². The molecular weight excluding hydrogens is 561 g/mol. The lowest BCUT2D eigenvalue weighted by atomic mass is 9.83. The quantitative estimate of drug-likeness (QED) is 0.242. The normalized spacial score (nSPS) is 18.7. The zero-order valence-electron chi connectivity index (χ0n) is 23.2. The highest BCUT2D eigenvalue weighted by Gasteiger charge is 2.31. The van der Waals surface area contributed by atoms with Gasteiger partial charge >= 0.3 is 0 Å². The van der Waals surface area contributed by atoms with Gasteiger partial charge in [0, 0.05) is 60.4 Å². The standard InChI is InChI=1S/C32H29F3N4O2S/c1-38-7-5-18-11-19(3-4-20(18)14-38)30-32-28(24(35)16-42-32)29(31(36-30)25-6-8-39(2)37-25)27-23(34)12-21(33)13-26(27)41-15-17-9-22(40)10-17/h3-4,6,8,11-13,16-17,22,40H,5,7,9-10,14-15H2,1-2H3. The molecule has 2 aliphatic rings. The molecule has 1 fully saturated rings. The fourth-order valence-electron chi connectivity index (χ4n) is 6.04. The summed E-state index contributed by atoms with van der Waals surface area (Å²) >= 11 is 1.20. The number of benzene rings is 2. The van der Waals surface area contributed by atoms with E-state index >= 15 is 8.78 Å². The minimum Gasteiger partial charge on any atom is -0.492 e. The highest BCUT2D eigenvalue weighted by molar-refractivity contribution is 7.17. The predicted molar refractivity (Wildman–Crippen MR) is 157 cm³/mol. The summed E-state index contributed by atoms with van der Waals surface area (Å²) in [6.45, 7) is 1.98. The summed E-state index contributed by atoms with van der Waals surface area (Å²) in [6.07, 6.45) is 3.36. The molecule has 42 heavy (non-hydrogen) atoms. The molecular formula is C32H29F3N4O2S. The van der Waals surface area contributed by atoms with E-state index in [1.54, 1.807) is 24.0 Å². The number of aliphatic hydroxyl groups excluding tert-OH is 1. The maximum Gasteiger partial charge on any atom is 0.142 e. The second-order valence-corrected chi connectivity index (χ2v) is 12.3. The number of aliphatic hydroxyl groups is 1. The number of aryl methyl sites for hydroxylation is 1. The van der Waals surface area contributed by atoms with Crippen molar-refractivity contribution in [3.05, 3.63) is 76.6 Å². The van der Waals surface area contributed by atoms with Crippen molar-refractivity contribution in [1.29, 1.82) is 0 Å². The van der Waals surface area contributed by atoms with Gasteiger partial charge in [-0.05, 0) is 55.5 Å². The van der Waals surface area contributed by atoms with Crippen LogP contribution in [0.2, 0.25) is 0 Å². The van der Waals surface area contributed by atoms with Crippen molar-refractivity contribution in [2.24, 2.45) is 13.0 Å². The summed E-state index contributed by atoms with van der Waals surface area (Å²) in [5, 5.41) is 15.8. The van der Waals surface area contributed by atoms with Crippen LogP contribution in [0.5, 0.6) is 5.75 Å². The lowest BCUT2D eigenvalue weighted by Gasteiger charge is -2.31. The van der Waals surface area contributed by atoms with Crippen LogP contribution in [0.3, 0.4) is 0 Å². The van der Waals surface area contributed by atoms with E-state index < -0.39 is 17.5 Å². The van der Waals surface area contributed by atoms with Crippen LogP contribution in [0.4, 0.5) is 13.2 Å². The summed E-state index contributed by atoms with van der Waals surface area (Å²) in [6, 6.07) is 9.85. The number of fused-ring (bicyclic) bond motifs is 2. The van der Waals surface area contributed by atoms with E-state index in [2.05, 4.69) is 29.2 Å². The molecule has 3 aromatic heterocycles. The van der Waals surface area contributed by atoms with Gasteiger partial charge in [0.25, 0.3) is 0 Å². The molecule has 6 nitrogen and oxygen atoms in total. The smallest absolute Gasteiger partial charge is 0.142 e. The van der Waals surface area contributed by atoms with E-state index in [1.807, 2.05) is 6.07 Å². The Balaban J connectivity index is 1.46. The van der Waals surface area contributed by atoms with E-state index in [-0.39, 0.29) is 46.6 Å². The van der Waals surface area contributed by atoms with Crippen molar-refractivity contribution >= 4 is 21.4 Å². The first kappa shape index (κ1) is 27.1. The van der Waals surface area contributed by atoms with Gasteiger partial charge in [-0.15, -0.1) is 11.3 Å². The molecule has 0 atom stereocenters. The summed E-state index contributed by atoms with van der Waals surface area (Å²) < 4.78 is 54.4. The number of likely N-dealkylation sites (N-methyl/N-ethyl adjacent to an activating group) is 1. The fourth-order valence-corrected chi connectivity index (χ4v) is 6.97.